The van der Waals surface area contributed by atoms with Crippen molar-refractivity contribution in [1.82, 2.24) is 10.3 Å². The summed E-state index contributed by atoms with van der Waals surface area (Å²) in [5, 5.41) is 2.92. The lowest BCUT2D eigenvalue weighted by Gasteiger charge is -2.07. The average Bonchev–Trinajstić information content (AvgIpc) is 2.52. The molecule has 1 aromatic heterocycles. The van der Waals surface area contributed by atoms with Crippen molar-refractivity contribution in [1.29, 1.82) is 0 Å². The maximum absolute atomic E-state index is 12.2. The van der Waals surface area contributed by atoms with Gasteiger partial charge in [-0.1, -0.05) is 43.3 Å². The molecule has 102 valence electrons. The topological polar surface area (TPSA) is 42.0 Å². The van der Waals surface area contributed by atoms with E-state index in [0.717, 1.165) is 16.7 Å². The van der Waals surface area contributed by atoms with E-state index in [1.165, 1.54) is 0 Å². The molecule has 2 rings (SSSR count). The Bertz CT molecular complexity index is 576. The standard InChI is InChI=1S/C17H18N2O/c1-2-16(11-14-7-4-3-5-8-14)17(20)19-13-15-9-6-10-18-12-15/h3-12H,2,13H2,1H3,(H,19,20)/b16-11+. The van der Waals surface area contributed by atoms with Gasteiger partial charge in [0.25, 0.3) is 0 Å². The summed E-state index contributed by atoms with van der Waals surface area (Å²) in [5.74, 6) is -0.0276. The van der Waals surface area contributed by atoms with Gasteiger partial charge >= 0.3 is 0 Å². The van der Waals surface area contributed by atoms with E-state index in [1.807, 2.05) is 55.5 Å². The number of carbonyl (C=O) groups excluding carboxylic acids is 1. The zero-order chi connectivity index (χ0) is 14.2. The highest BCUT2D eigenvalue weighted by Gasteiger charge is 2.07. The van der Waals surface area contributed by atoms with Gasteiger partial charge in [0, 0.05) is 24.5 Å². The number of aromatic nitrogens is 1. The summed E-state index contributed by atoms with van der Waals surface area (Å²) in [6.07, 6.45) is 6.11. The molecular weight excluding hydrogens is 248 g/mol. The van der Waals surface area contributed by atoms with Crippen LogP contribution in [0.15, 0.2) is 60.4 Å². The molecule has 0 aliphatic heterocycles. The van der Waals surface area contributed by atoms with Crippen LogP contribution in [0.5, 0.6) is 0 Å². The van der Waals surface area contributed by atoms with Crippen molar-refractivity contribution >= 4 is 12.0 Å². The molecule has 0 unspecified atom stereocenters. The van der Waals surface area contributed by atoms with E-state index >= 15 is 0 Å². The van der Waals surface area contributed by atoms with E-state index in [9.17, 15) is 4.79 Å². The molecule has 1 N–H and O–H groups in total. The molecule has 1 heterocycles. The third kappa shape index (κ3) is 4.05. The summed E-state index contributed by atoms with van der Waals surface area (Å²) in [6.45, 7) is 2.48. The molecule has 0 fully saturated rings. The number of nitrogens with one attached hydrogen (secondary N) is 1. The first-order valence-corrected chi connectivity index (χ1v) is 6.72. The minimum atomic E-state index is -0.0276. The Morgan fingerprint density at radius 3 is 2.65 bits per heavy atom. The van der Waals surface area contributed by atoms with Gasteiger partial charge in [-0.25, -0.2) is 0 Å². The van der Waals surface area contributed by atoms with E-state index in [4.69, 9.17) is 0 Å². The predicted octanol–water partition coefficient (Wildman–Crippen LogP) is 3.19. The largest absolute Gasteiger partial charge is 0.348 e. The van der Waals surface area contributed by atoms with Gasteiger partial charge in [0.05, 0.1) is 0 Å². The molecule has 3 heteroatoms. The van der Waals surface area contributed by atoms with Gasteiger partial charge in [0.15, 0.2) is 0 Å². The first-order valence-electron chi connectivity index (χ1n) is 6.72. The Morgan fingerprint density at radius 1 is 1.20 bits per heavy atom. The monoisotopic (exact) mass is 266 g/mol. The molecule has 0 saturated carbocycles. The van der Waals surface area contributed by atoms with Crippen LogP contribution in [0, 0.1) is 0 Å². The van der Waals surface area contributed by atoms with Gasteiger partial charge in [0.2, 0.25) is 5.91 Å². The van der Waals surface area contributed by atoms with Crippen LogP contribution in [0.3, 0.4) is 0 Å². The van der Waals surface area contributed by atoms with Gasteiger partial charge < -0.3 is 5.32 Å². The van der Waals surface area contributed by atoms with Crippen LogP contribution in [0.1, 0.15) is 24.5 Å². The van der Waals surface area contributed by atoms with Gasteiger partial charge in [-0.05, 0) is 29.7 Å². The molecule has 0 aliphatic rings. The lowest BCUT2D eigenvalue weighted by Crippen LogP contribution is -2.24. The smallest absolute Gasteiger partial charge is 0.247 e. The number of hydrogen-bond donors (Lipinski definition) is 1. The molecule has 0 spiro atoms. The van der Waals surface area contributed by atoms with Crippen molar-refractivity contribution in [3.63, 3.8) is 0 Å². The fraction of sp³-hybridized carbons (Fsp3) is 0.176. The van der Waals surface area contributed by atoms with E-state index in [1.54, 1.807) is 12.4 Å². The van der Waals surface area contributed by atoms with E-state index in [2.05, 4.69) is 10.3 Å². The molecule has 2 aromatic rings. The number of hydrogen-bond acceptors (Lipinski definition) is 2. The molecule has 0 radical (unpaired) electrons. The molecule has 0 atom stereocenters. The van der Waals surface area contributed by atoms with E-state index in [-0.39, 0.29) is 5.91 Å². The van der Waals surface area contributed by atoms with Crippen molar-refractivity contribution in [2.45, 2.75) is 19.9 Å². The minimum Gasteiger partial charge on any atom is -0.348 e. The number of amides is 1. The minimum absolute atomic E-state index is 0.0276. The number of rotatable bonds is 5. The van der Waals surface area contributed by atoms with Crippen molar-refractivity contribution in [3.8, 4) is 0 Å². The zero-order valence-corrected chi connectivity index (χ0v) is 11.5. The van der Waals surface area contributed by atoms with Gasteiger partial charge in [-0.2, -0.15) is 0 Å². The maximum Gasteiger partial charge on any atom is 0.247 e. The van der Waals surface area contributed by atoms with E-state index in [0.29, 0.717) is 13.0 Å². The van der Waals surface area contributed by atoms with Crippen LogP contribution in [0.4, 0.5) is 0 Å². The zero-order valence-electron chi connectivity index (χ0n) is 11.5. The van der Waals surface area contributed by atoms with Crippen LogP contribution in [0.25, 0.3) is 6.08 Å². The molecular formula is C17H18N2O. The average molecular weight is 266 g/mol. The first-order chi connectivity index (χ1) is 9.79. The van der Waals surface area contributed by atoms with Gasteiger partial charge in [0.1, 0.15) is 0 Å². The number of carbonyl (C=O) groups is 1. The molecule has 0 bridgehead atoms. The third-order valence-corrected chi connectivity index (χ3v) is 2.99. The molecule has 1 amide bonds. The van der Waals surface area contributed by atoms with Crippen molar-refractivity contribution in [2.24, 2.45) is 0 Å². The Labute approximate surface area is 119 Å². The molecule has 0 saturated heterocycles. The van der Waals surface area contributed by atoms with Crippen LogP contribution >= 0.6 is 0 Å². The SMILES string of the molecule is CC/C(=C\c1ccccc1)C(=O)NCc1cccnc1. The number of pyridine rings is 1. The molecule has 0 aliphatic carbocycles. The lowest BCUT2D eigenvalue weighted by atomic mass is 10.1. The van der Waals surface area contributed by atoms with Crippen molar-refractivity contribution in [3.05, 3.63) is 71.6 Å². The number of benzene rings is 1. The Kier molecular flexibility index (Phi) is 5.07. The Balaban J connectivity index is 2.01. The summed E-state index contributed by atoms with van der Waals surface area (Å²) < 4.78 is 0. The van der Waals surface area contributed by atoms with Crippen molar-refractivity contribution in [2.75, 3.05) is 0 Å². The predicted molar refractivity (Wildman–Crippen MR) is 80.8 cm³/mol. The third-order valence-electron chi connectivity index (χ3n) is 2.99. The molecule has 1 aromatic carbocycles. The van der Waals surface area contributed by atoms with Crippen LogP contribution in [0.2, 0.25) is 0 Å². The summed E-state index contributed by atoms with van der Waals surface area (Å²) in [5.41, 5.74) is 2.82. The van der Waals surface area contributed by atoms with Crippen LogP contribution < -0.4 is 5.32 Å². The summed E-state index contributed by atoms with van der Waals surface area (Å²) >= 11 is 0. The van der Waals surface area contributed by atoms with Gasteiger partial charge in [-0.15, -0.1) is 0 Å². The van der Waals surface area contributed by atoms with Crippen LogP contribution in [-0.2, 0) is 11.3 Å². The number of nitrogens with zero attached hydrogens (tertiary/aromatic N) is 1. The fourth-order valence-corrected chi connectivity index (χ4v) is 1.88. The first kappa shape index (κ1) is 14.0. The van der Waals surface area contributed by atoms with E-state index < -0.39 is 0 Å². The maximum atomic E-state index is 12.2. The van der Waals surface area contributed by atoms with Crippen molar-refractivity contribution < 1.29 is 4.79 Å². The Hall–Kier alpha value is -2.42. The Morgan fingerprint density at radius 2 is 2.00 bits per heavy atom. The lowest BCUT2D eigenvalue weighted by molar-refractivity contribution is -0.117. The second-order valence-electron chi connectivity index (χ2n) is 4.48. The quantitative estimate of drug-likeness (QED) is 0.844. The summed E-state index contributed by atoms with van der Waals surface area (Å²) in [7, 11) is 0. The fourth-order valence-electron chi connectivity index (χ4n) is 1.88. The second kappa shape index (κ2) is 7.24. The van der Waals surface area contributed by atoms with Gasteiger partial charge in [-0.3, -0.25) is 9.78 Å². The normalized spacial score (nSPS) is 11.2. The highest BCUT2D eigenvalue weighted by Crippen LogP contribution is 2.10. The second-order valence-corrected chi connectivity index (χ2v) is 4.48. The highest BCUT2D eigenvalue weighted by molar-refractivity contribution is 5.97. The van der Waals surface area contributed by atoms with Crippen LogP contribution in [-0.4, -0.2) is 10.9 Å². The molecule has 20 heavy (non-hydrogen) atoms. The molecule has 3 nitrogen and oxygen atoms in total. The summed E-state index contributed by atoms with van der Waals surface area (Å²) in [6, 6.07) is 13.7. The highest BCUT2D eigenvalue weighted by atomic mass is 16.1. The summed E-state index contributed by atoms with van der Waals surface area (Å²) in [4.78, 5) is 16.2.